The van der Waals surface area contributed by atoms with E-state index in [9.17, 15) is 4.79 Å². The molecule has 1 aromatic carbocycles. The Labute approximate surface area is 159 Å². The third kappa shape index (κ3) is 3.62. The third-order valence-electron chi connectivity index (χ3n) is 5.25. The van der Waals surface area contributed by atoms with Crippen LogP contribution >= 0.6 is 12.4 Å². The maximum absolute atomic E-state index is 12.2. The van der Waals surface area contributed by atoms with E-state index in [0.717, 1.165) is 17.7 Å². The molecule has 7 nitrogen and oxygen atoms in total. The van der Waals surface area contributed by atoms with E-state index in [2.05, 4.69) is 0 Å². The molecule has 0 radical (unpaired) electrons. The number of nitrogens with two attached hydrogens (primary N) is 1. The van der Waals surface area contributed by atoms with Crippen molar-refractivity contribution in [1.29, 1.82) is 0 Å². The Hall–Kier alpha value is -1.54. The number of aliphatic hydroxyl groups is 1. The zero-order valence-corrected chi connectivity index (χ0v) is 16.0. The predicted octanol–water partition coefficient (Wildman–Crippen LogP) is 0.836. The van der Waals surface area contributed by atoms with Crippen LogP contribution in [0.1, 0.15) is 24.0 Å². The lowest BCUT2D eigenvalue weighted by molar-refractivity contribution is -0.142. The molecule has 1 saturated heterocycles. The van der Waals surface area contributed by atoms with Gasteiger partial charge in [-0.3, -0.25) is 4.79 Å². The van der Waals surface area contributed by atoms with Gasteiger partial charge in [-0.1, -0.05) is 0 Å². The molecule has 3 N–H and O–H groups in total. The number of ether oxygens (including phenoxy) is 3. The van der Waals surface area contributed by atoms with Crippen LogP contribution in [0, 0.1) is 0 Å². The van der Waals surface area contributed by atoms with Gasteiger partial charge >= 0.3 is 0 Å². The monoisotopic (exact) mass is 386 g/mol. The summed E-state index contributed by atoms with van der Waals surface area (Å²) < 4.78 is 17.1. The Balaban J connectivity index is 0.00000243. The molecule has 1 spiro atoms. The standard InChI is InChI=1S/C18H26N2O5.ClH/c1-23-15-9-12-3-8-25-18(13(12)10-16(15)24-2)4-6-20(7-5-18)17(22)14(19)11-21;/h9-10,14,21H,3-8,11,19H2,1-2H3;1H/t14-;/m1./s1. The molecule has 2 heterocycles. The van der Waals surface area contributed by atoms with Crippen LogP contribution in [0.3, 0.4) is 0 Å². The highest BCUT2D eigenvalue weighted by Gasteiger charge is 2.42. The van der Waals surface area contributed by atoms with Gasteiger partial charge in [0.15, 0.2) is 11.5 Å². The Kier molecular flexibility index (Phi) is 6.74. The van der Waals surface area contributed by atoms with E-state index < -0.39 is 11.6 Å². The largest absolute Gasteiger partial charge is 0.493 e. The van der Waals surface area contributed by atoms with Crippen molar-refractivity contribution in [3.05, 3.63) is 23.3 Å². The number of fused-ring (bicyclic) bond motifs is 2. The number of methoxy groups -OCH3 is 2. The van der Waals surface area contributed by atoms with Crippen molar-refractivity contribution in [2.45, 2.75) is 30.9 Å². The van der Waals surface area contributed by atoms with E-state index >= 15 is 0 Å². The minimum absolute atomic E-state index is 0. The van der Waals surface area contributed by atoms with Gasteiger partial charge in [0.05, 0.1) is 33.0 Å². The lowest BCUT2D eigenvalue weighted by atomic mass is 9.79. The van der Waals surface area contributed by atoms with Gasteiger partial charge in [0, 0.05) is 13.1 Å². The summed E-state index contributed by atoms with van der Waals surface area (Å²) in [5.41, 5.74) is 7.58. The van der Waals surface area contributed by atoms with E-state index in [1.54, 1.807) is 19.1 Å². The fourth-order valence-electron chi connectivity index (χ4n) is 3.80. The molecule has 26 heavy (non-hydrogen) atoms. The molecule has 8 heteroatoms. The van der Waals surface area contributed by atoms with Crippen molar-refractivity contribution >= 4 is 18.3 Å². The summed E-state index contributed by atoms with van der Waals surface area (Å²) in [5, 5.41) is 9.09. The maximum atomic E-state index is 12.2. The second-order valence-corrected chi connectivity index (χ2v) is 6.57. The molecule has 1 fully saturated rings. The summed E-state index contributed by atoms with van der Waals surface area (Å²) >= 11 is 0. The number of carbonyl (C=O) groups is 1. The first-order chi connectivity index (χ1) is 12.0. The second kappa shape index (κ2) is 8.43. The summed E-state index contributed by atoms with van der Waals surface area (Å²) in [6.45, 7) is 1.42. The number of carbonyl (C=O) groups excluding carboxylic acids is 1. The average Bonchev–Trinajstić information content (AvgIpc) is 2.66. The summed E-state index contributed by atoms with van der Waals surface area (Å²) in [7, 11) is 3.26. The molecule has 1 atom stereocenters. The quantitative estimate of drug-likeness (QED) is 0.796. The number of nitrogens with zero attached hydrogens (tertiary/aromatic N) is 1. The fourth-order valence-corrected chi connectivity index (χ4v) is 3.80. The SMILES string of the molecule is COc1cc2c(cc1OC)C1(CCN(C(=O)[C@H](N)CO)CC1)OCC2.Cl. The highest BCUT2D eigenvalue weighted by atomic mass is 35.5. The molecule has 0 bridgehead atoms. The zero-order valence-electron chi connectivity index (χ0n) is 15.2. The van der Waals surface area contributed by atoms with Crippen molar-refractivity contribution in [2.24, 2.45) is 5.73 Å². The smallest absolute Gasteiger partial charge is 0.241 e. The first kappa shape index (κ1) is 20.8. The summed E-state index contributed by atoms with van der Waals surface area (Å²) in [6.07, 6.45) is 2.22. The molecule has 3 rings (SSSR count). The molecule has 2 aliphatic rings. The number of benzene rings is 1. The molecule has 1 aromatic rings. The van der Waals surface area contributed by atoms with Crippen molar-refractivity contribution in [1.82, 2.24) is 4.90 Å². The van der Waals surface area contributed by atoms with Gasteiger partial charge in [-0.25, -0.2) is 0 Å². The second-order valence-electron chi connectivity index (χ2n) is 6.57. The Morgan fingerprint density at radius 2 is 1.92 bits per heavy atom. The fraction of sp³-hybridized carbons (Fsp3) is 0.611. The van der Waals surface area contributed by atoms with Crippen molar-refractivity contribution in [3.63, 3.8) is 0 Å². The van der Waals surface area contributed by atoms with Crippen LogP contribution in [0.2, 0.25) is 0 Å². The molecular weight excluding hydrogens is 360 g/mol. The molecule has 0 aromatic heterocycles. The van der Waals surface area contributed by atoms with Crippen LogP contribution in [-0.2, 0) is 21.6 Å². The van der Waals surface area contributed by atoms with Gasteiger partial charge in [0.2, 0.25) is 5.91 Å². The van der Waals surface area contributed by atoms with Crippen molar-refractivity contribution < 1.29 is 24.1 Å². The van der Waals surface area contributed by atoms with Gasteiger partial charge in [-0.15, -0.1) is 12.4 Å². The van der Waals surface area contributed by atoms with Gasteiger partial charge in [0.25, 0.3) is 0 Å². The van der Waals surface area contributed by atoms with E-state index in [0.29, 0.717) is 38.3 Å². The van der Waals surface area contributed by atoms with Crippen LogP contribution < -0.4 is 15.2 Å². The minimum atomic E-state index is -0.849. The molecule has 2 aliphatic heterocycles. The minimum Gasteiger partial charge on any atom is -0.493 e. The number of aliphatic hydroxyl groups excluding tert-OH is 1. The number of halogens is 1. The van der Waals surface area contributed by atoms with Crippen molar-refractivity contribution in [3.8, 4) is 11.5 Å². The van der Waals surface area contributed by atoms with E-state index in [1.165, 1.54) is 5.56 Å². The van der Waals surface area contributed by atoms with Gasteiger partial charge < -0.3 is 30.0 Å². The van der Waals surface area contributed by atoms with Gasteiger partial charge in [0.1, 0.15) is 6.04 Å². The maximum Gasteiger partial charge on any atom is 0.241 e. The van der Waals surface area contributed by atoms with Crippen molar-refractivity contribution in [2.75, 3.05) is 40.5 Å². The molecule has 0 saturated carbocycles. The number of piperidine rings is 1. The molecular formula is C18H27ClN2O5. The van der Waals surface area contributed by atoms with E-state index in [-0.39, 0.29) is 24.9 Å². The molecule has 0 aliphatic carbocycles. The first-order valence-corrected chi connectivity index (χ1v) is 8.59. The Morgan fingerprint density at radius 1 is 1.31 bits per heavy atom. The van der Waals surface area contributed by atoms with Crippen LogP contribution in [0.15, 0.2) is 12.1 Å². The summed E-state index contributed by atoms with van der Waals surface area (Å²) in [6, 6.07) is 3.18. The lowest BCUT2D eigenvalue weighted by Gasteiger charge is -2.45. The van der Waals surface area contributed by atoms with Gasteiger partial charge in [-0.05, 0) is 42.5 Å². The number of rotatable bonds is 4. The Bertz CT molecular complexity index is 647. The molecule has 1 amide bonds. The van der Waals surface area contributed by atoms with Crippen LogP contribution in [0.25, 0.3) is 0 Å². The number of hydrogen-bond acceptors (Lipinski definition) is 6. The van der Waals surface area contributed by atoms with Gasteiger partial charge in [-0.2, -0.15) is 0 Å². The zero-order chi connectivity index (χ0) is 18.0. The van der Waals surface area contributed by atoms with Crippen LogP contribution in [0.5, 0.6) is 11.5 Å². The number of hydrogen-bond donors (Lipinski definition) is 2. The summed E-state index contributed by atoms with van der Waals surface area (Å²) in [5.74, 6) is 1.20. The molecule has 146 valence electrons. The summed E-state index contributed by atoms with van der Waals surface area (Å²) in [4.78, 5) is 13.9. The first-order valence-electron chi connectivity index (χ1n) is 8.59. The normalized spacial score (nSPS) is 19.3. The van der Waals surface area contributed by atoms with E-state index in [1.807, 2.05) is 12.1 Å². The average molecular weight is 387 g/mol. The van der Waals surface area contributed by atoms with E-state index in [4.69, 9.17) is 25.1 Å². The predicted molar refractivity (Wildman–Crippen MR) is 99.0 cm³/mol. The number of amides is 1. The Morgan fingerprint density at radius 3 is 2.50 bits per heavy atom. The number of likely N-dealkylation sites (tertiary alicyclic amines) is 1. The van der Waals surface area contributed by atoms with Crippen LogP contribution in [0.4, 0.5) is 0 Å². The van der Waals surface area contributed by atoms with Crippen LogP contribution in [-0.4, -0.2) is 62.5 Å². The highest BCUT2D eigenvalue weighted by molar-refractivity contribution is 5.85. The third-order valence-corrected chi connectivity index (χ3v) is 5.25. The highest BCUT2D eigenvalue weighted by Crippen LogP contribution is 2.45. The lowest BCUT2D eigenvalue weighted by Crippen LogP contribution is -2.53. The molecule has 0 unspecified atom stereocenters. The topological polar surface area (TPSA) is 94.3 Å².